The summed E-state index contributed by atoms with van der Waals surface area (Å²) in [6, 6.07) is -1.86. The molecule has 23 heavy (non-hydrogen) atoms. The van der Waals surface area contributed by atoms with Gasteiger partial charge in [0.05, 0.1) is 18.7 Å². The van der Waals surface area contributed by atoms with Crippen molar-refractivity contribution in [1.29, 1.82) is 0 Å². The molecule has 0 fully saturated rings. The molecule has 13 N–H and O–H groups in total. The van der Waals surface area contributed by atoms with Gasteiger partial charge in [-0.15, -0.1) is 0 Å². The average molecular weight is 344 g/mol. The van der Waals surface area contributed by atoms with Crippen LogP contribution < -0.4 is 11.1 Å². The molecule has 0 spiro atoms. The number of hydrogen-bond donors (Lipinski definition) is 6. The van der Waals surface area contributed by atoms with E-state index in [-0.39, 0.29) is 16.4 Å². The number of carboxylic acids is 1. The number of rotatable bonds is 5. The van der Waals surface area contributed by atoms with E-state index in [1.807, 2.05) is 0 Å². The molecule has 5 atom stereocenters. The van der Waals surface area contributed by atoms with Crippen LogP contribution in [0.25, 0.3) is 0 Å². The van der Waals surface area contributed by atoms with E-state index in [1.165, 1.54) is 6.92 Å². The molecule has 1 rings (SSSR count). The topological polar surface area (TPSA) is 257 Å². The van der Waals surface area contributed by atoms with Crippen LogP contribution in [0.5, 0.6) is 0 Å². The van der Waals surface area contributed by atoms with Gasteiger partial charge in [-0.25, -0.2) is 4.79 Å². The Morgan fingerprint density at radius 2 is 1.87 bits per heavy atom. The fourth-order valence-electron chi connectivity index (χ4n) is 1.90. The summed E-state index contributed by atoms with van der Waals surface area (Å²) in [6.45, 7) is 0.463. The van der Waals surface area contributed by atoms with E-state index in [0.717, 1.165) is 6.08 Å². The van der Waals surface area contributed by atoms with Crippen molar-refractivity contribution in [3.05, 3.63) is 11.8 Å². The number of hydrogen-bond acceptors (Lipinski definition) is 7. The Balaban J connectivity index is -0.00000133. The van der Waals surface area contributed by atoms with E-state index in [2.05, 4.69) is 5.32 Å². The largest absolute Gasteiger partial charge is 0.478 e. The lowest BCUT2D eigenvalue weighted by atomic mass is 9.92. The predicted octanol–water partition coefficient (Wildman–Crippen LogP) is -5.57. The van der Waals surface area contributed by atoms with E-state index in [4.69, 9.17) is 20.7 Å². The third kappa shape index (κ3) is 6.45. The molecule has 0 unspecified atom stereocenters. The zero-order valence-corrected chi connectivity index (χ0v) is 12.3. The van der Waals surface area contributed by atoms with Gasteiger partial charge >= 0.3 is 5.97 Å². The standard InChI is InChI=1S/C11H18N2O7.3H2O/c1-4(15)13-8-5(12)2-7(11(18)19)20-10(8)9(17)6(16)3-14;;;/h2,5-6,8-10,14,16-17H,3,12H2,1H3,(H,13,15)(H,18,19);3*1H2/t5-,6+,8+,9+,10+;;;/m0.../s1. The molecule has 0 radical (unpaired) electrons. The van der Waals surface area contributed by atoms with E-state index >= 15 is 0 Å². The highest BCUT2D eigenvalue weighted by Crippen LogP contribution is 2.21. The molecule has 0 aromatic rings. The van der Waals surface area contributed by atoms with Gasteiger partial charge in [-0.3, -0.25) is 4.79 Å². The Morgan fingerprint density at radius 1 is 1.35 bits per heavy atom. The molecule has 1 heterocycles. The van der Waals surface area contributed by atoms with Crippen molar-refractivity contribution in [1.82, 2.24) is 5.32 Å². The monoisotopic (exact) mass is 344 g/mol. The van der Waals surface area contributed by atoms with E-state index in [0.29, 0.717) is 0 Å². The molecule has 0 saturated heterocycles. The van der Waals surface area contributed by atoms with Crippen LogP contribution >= 0.6 is 0 Å². The van der Waals surface area contributed by atoms with Gasteiger partial charge in [0, 0.05) is 6.92 Å². The summed E-state index contributed by atoms with van der Waals surface area (Å²) in [5.41, 5.74) is 5.74. The lowest BCUT2D eigenvalue weighted by Crippen LogP contribution is -2.62. The van der Waals surface area contributed by atoms with Gasteiger partial charge in [0.1, 0.15) is 18.3 Å². The number of nitrogens with two attached hydrogens (primary N) is 1. The number of carboxylic acid groups (broad SMARTS) is 1. The van der Waals surface area contributed by atoms with Crippen LogP contribution in [0, 0.1) is 0 Å². The second-order valence-electron chi connectivity index (χ2n) is 4.46. The molecule has 1 aliphatic heterocycles. The highest BCUT2D eigenvalue weighted by atomic mass is 16.5. The second kappa shape index (κ2) is 10.8. The minimum Gasteiger partial charge on any atom is -0.478 e. The van der Waals surface area contributed by atoms with Crippen molar-refractivity contribution in [2.45, 2.75) is 37.3 Å². The number of ether oxygens (including phenoxy) is 1. The Labute approximate surface area is 131 Å². The number of aliphatic hydroxyl groups excluding tert-OH is 3. The van der Waals surface area contributed by atoms with Crippen LogP contribution in [-0.4, -0.2) is 85.7 Å². The smallest absolute Gasteiger partial charge is 0.370 e. The normalized spacial score (nSPS) is 25.1. The van der Waals surface area contributed by atoms with E-state index < -0.39 is 54.6 Å². The Kier molecular flexibility index (Phi) is 12.3. The fraction of sp³-hybridized carbons (Fsp3) is 0.636. The summed E-state index contributed by atoms with van der Waals surface area (Å²) in [5, 5.41) is 39.5. The third-order valence-electron chi connectivity index (χ3n) is 2.87. The number of carbonyl (C=O) groups is 2. The van der Waals surface area contributed by atoms with E-state index in [1.54, 1.807) is 0 Å². The lowest BCUT2D eigenvalue weighted by molar-refractivity contribution is -0.145. The van der Waals surface area contributed by atoms with Crippen molar-refractivity contribution in [2.24, 2.45) is 5.73 Å². The van der Waals surface area contributed by atoms with Crippen molar-refractivity contribution in [3.63, 3.8) is 0 Å². The molecule has 138 valence electrons. The predicted molar refractivity (Wildman–Crippen MR) is 76.1 cm³/mol. The molecular weight excluding hydrogens is 320 g/mol. The summed E-state index contributed by atoms with van der Waals surface area (Å²) < 4.78 is 5.06. The van der Waals surface area contributed by atoms with Crippen molar-refractivity contribution in [2.75, 3.05) is 6.61 Å². The minimum atomic E-state index is -1.62. The first-order valence-electron chi connectivity index (χ1n) is 5.89. The Bertz CT molecular complexity index is 416. The van der Waals surface area contributed by atoms with Gasteiger partial charge in [-0.05, 0) is 6.08 Å². The van der Waals surface area contributed by atoms with Gasteiger partial charge in [-0.1, -0.05) is 0 Å². The SMILES string of the molecule is CC(=O)N[C@H]1[C@H]([C@H](O)[C@H](O)CO)OC(C(=O)O)=C[C@@H]1N.O.O.O. The first-order chi connectivity index (χ1) is 9.27. The fourth-order valence-corrected chi connectivity index (χ4v) is 1.90. The maximum atomic E-state index is 11.1. The van der Waals surface area contributed by atoms with Gasteiger partial charge in [-0.2, -0.15) is 0 Å². The summed E-state index contributed by atoms with van der Waals surface area (Å²) in [6.07, 6.45) is -3.38. The highest BCUT2D eigenvalue weighted by Gasteiger charge is 2.42. The number of nitrogens with one attached hydrogen (secondary N) is 1. The third-order valence-corrected chi connectivity index (χ3v) is 2.87. The van der Waals surface area contributed by atoms with Crippen LogP contribution in [0.3, 0.4) is 0 Å². The molecule has 0 saturated carbocycles. The summed E-state index contributed by atoms with van der Waals surface area (Å²) in [4.78, 5) is 22.0. The van der Waals surface area contributed by atoms with Crippen LogP contribution in [0.2, 0.25) is 0 Å². The van der Waals surface area contributed by atoms with Crippen LogP contribution in [0.1, 0.15) is 6.92 Å². The molecular formula is C11H24N2O10. The molecule has 0 aliphatic carbocycles. The second-order valence-corrected chi connectivity index (χ2v) is 4.46. The zero-order chi connectivity index (χ0) is 15.4. The molecule has 1 aliphatic rings. The Hall–Kier alpha value is -1.80. The quantitative estimate of drug-likeness (QED) is 0.279. The van der Waals surface area contributed by atoms with Gasteiger partial charge in [0.25, 0.3) is 0 Å². The lowest BCUT2D eigenvalue weighted by Gasteiger charge is -2.38. The molecule has 12 nitrogen and oxygen atoms in total. The minimum absolute atomic E-state index is 0. The van der Waals surface area contributed by atoms with Crippen LogP contribution in [0.15, 0.2) is 11.8 Å². The van der Waals surface area contributed by atoms with Crippen molar-refractivity contribution < 1.29 is 51.2 Å². The number of aliphatic carboxylic acids is 1. The van der Waals surface area contributed by atoms with E-state index in [9.17, 15) is 19.8 Å². The molecule has 12 heteroatoms. The van der Waals surface area contributed by atoms with Gasteiger partial charge < -0.3 is 52.6 Å². The first-order valence-corrected chi connectivity index (χ1v) is 5.89. The number of amides is 1. The highest BCUT2D eigenvalue weighted by molar-refractivity contribution is 5.84. The number of aliphatic hydroxyl groups is 3. The zero-order valence-electron chi connectivity index (χ0n) is 12.3. The first kappa shape index (κ1) is 26.1. The van der Waals surface area contributed by atoms with Gasteiger partial charge in [0.2, 0.25) is 11.7 Å². The maximum Gasteiger partial charge on any atom is 0.370 e. The molecule has 0 bridgehead atoms. The summed E-state index contributed by atoms with van der Waals surface area (Å²) in [7, 11) is 0. The summed E-state index contributed by atoms with van der Waals surface area (Å²) in [5.74, 6) is -2.34. The number of carbonyl (C=O) groups excluding carboxylic acids is 1. The summed E-state index contributed by atoms with van der Waals surface area (Å²) >= 11 is 0. The van der Waals surface area contributed by atoms with Gasteiger partial charge in [0.15, 0.2) is 0 Å². The van der Waals surface area contributed by atoms with Crippen LogP contribution in [-0.2, 0) is 14.3 Å². The maximum absolute atomic E-state index is 11.1. The van der Waals surface area contributed by atoms with Crippen molar-refractivity contribution in [3.8, 4) is 0 Å². The van der Waals surface area contributed by atoms with Crippen molar-refractivity contribution >= 4 is 11.9 Å². The van der Waals surface area contributed by atoms with Crippen LogP contribution in [0.4, 0.5) is 0 Å². The average Bonchev–Trinajstić information content (AvgIpc) is 2.38. The molecule has 0 aromatic heterocycles. The Morgan fingerprint density at radius 3 is 2.26 bits per heavy atom. The molecule has 1 amide bonds. The molecule has 0 aromatic carbocycles.